The minimum absolute atomic E-state index is 0.626. The molecule has 0 N–H and O–H groups in total. The number of hydrogen-bond donors (Lipinski definition) is 0. The van der Waals surface area contributed by atoms with Crippen LogP contribution in [0.15, 0.2) is 60.2 Å². The van der Waals surface area contributed by atoms with Gasteiger partial charge in [-0.15, -0.1) is 0 Å². The van der Waals surface area contributed by atoms with Gasteiger partial charge >= 0.3 is 0 Å². The Morgan fingerprint density at radius 2 is 1.63 bits per heavy atom. The maximum atomic E-state index is 5.94. The van der Waals surface area contributed by atoms with Gasteiger partial charge in [-0.2, -0.15) is 0 Å². The molecule has 2 heteroatoms. The van der Waals surface area contributed by atoms with Gasteiger partial charge in [-0.25, -0.2) is 0 Å². The Balaban J connectivity index is 1.77. The Morgan fingerprint density at radius 3 is 2.26 bits per heavy atom. The molecule has 0 spiro atoms. The third-order valence-electron chi connectivity index (χ3n) is 3.25. The second kappa shape index (κ2) is 5.50. The molecule has 0 saturated heterocycles. The predicted molar refractivity (Wildman–Crippen MR) is 79.5 cm³/mol. The molecule has 0 atom stereocenters. The van der Waals surface area contributed by atoms with Crippen LogP contribution in [-0.2, 0) is 0 Å². The smallest absolute Gasteiger partial charge is 0.119 e. The van der Waals surface area contributed by atoms with Gasteiger partial charge in [0.15, 0.2) is 0 Å². The first-order chi connectivity index (χ1) is 9.33. The second-order valence-corrected chi connectivity index (χ2v) is 5.13. The number of rotatable bonds is 4. The summed E-state index contributed by atoms with van der Waals surface area (Å²) in [6.45, 7) is 0.626. The number of benzene rings is 2. The summed E-state index contributed by atoms with van der Waals surface area (Å²) >= 11 is 5.94. The van der Waals surface area contributed by atoms with Crippen LogP contribution < -0.4 is 4.74 Å². The first-order valence-electron chi connectivity index (χ1n) is 6.47. The standard InChI is InChI=1S/C17H15ClO/c18-15-10-8-14(9-11-15)17(13-6-7-13)12-19-16-4-2-1-3-5-16/h1-5,8-11H,6-7,12H2. The van der Waals surface area contributed by atoms with E-state index in [0.717, 1.165) is 10.8 Å². The van der Waals surface area contributed by atoms with Crippen LogP contribution in [0.25, 0.3) is 5.57 Å². The molecule has 2 aromatic carbocycles. The van der Waals surface area contributed by atoms with Gasteiger partial charge in [0, 0.05) is 5.02 Å². The van der Waals surface area contributed by atoms with Gasteiger partial charge in [0.25, 0.3) is 0 Å². The molecule has 96 valence electrons. The SMILES string of the molecule is Clc1ccc(C(COc2ccccc2)=C2CC2)cc1. The molecule has 0 aliphatic heterocycles. The Hall–Kier alpha value is -1.73. The maximum absolute atomic E-state index is 5.94. The van der Waals surface area contributed by atoms with Crippen LogP contribution in [0.5, 0.6) is 5.75 Å². The Morgan fingerprint density at radius 1 is 0.947 bits per heavy atom. The lowest BCUT2D eigenvalue weighted by atomic mass is 10.1. The van der Waals surface area contributed by atoms with E-state index in [-0.39, 0.29) is 0 Å². The number of allylic oxidation sites excluding steroid dienone is 1. The van der Waals surface area contributed by atoms with Gasteiger partial charge in [0.05, 0.1) is 0 Å². The highest BCUT2D eigenvalue weighted by Crippen LogP contribution is 2.36. The summed E-state index contributed by atoms with van der Waals surface area (Å²) in [4.78, 5) is 0. The Kier molecular flexibility index (Phi) is 3.56. The van der Waals surface area contributed by atoms with Crippen LogP contribution in [0.3, 0.4) is 0 Å². The summed E-state index contributed by atoms with van der Waals surface area (Å²) < 4.78 is 5.86. The van der Waals surface area contributed by atoms with E-state index in [1.54, 1.807) is 0 Å². The fraction of sp³-hybridized carbons (Fsp3) is 0.176. The summed E-state index contributed by atoms with van der Waals surface area (Å²) in [5.41, 5.74) is 4.02. The molecule has 0 bridgehead atoms. The van der Waals surface area contributed by atoms with Crippen LogP contribution in [0.1, 0.15) is 18.4 Å². The van der Waals surface area contributed by atoms with E-state index in [1.165, 1.54) is 29.6 Å². The molecule has 1 aliphatic carbocycles. The zero-order chi connectivity index (χ0) is 13.1. The van der Waals surface area contributed by atoms with Crippen LogP contribution >= 0.6 is 11.6 Å². The van der Waals surface area contributed by atoms with E-state index in [4.69, 9.17) is 16.3 Å². The predicted octanol–water partition coefficient (Wildman–Crippen LogP) is 4.97. The molecular weight excluding hydrogens is 256 g/mol. The first-order valence-corrected chi connectivity index (χ1v) is 6.85. The second-order valence-electron chi connectivity index (χ2n) is 4.69. The molecule has 0 radical (unpaired) electrons. The van der Waals surface area contributed by atoms with Crippen molar-refractivity contribution in [3.63, 3.8) is 0 Å². The van der Waals surface area contributed by atoms with Crippen LogP contribution in [0, 0.1) is 0 Å². The van der Waals surface area contributed by atoms with Crippen LogP contribution in [0.4, 0.5) is 0 Å². The third-order valence-corrected chi connectivity index (χ3v) is 3.50. The lowest BCUT2D eigenvalue weighted by Gasteiger charge is -2.10. The number of ether oxygens (including phenoxy) is 1. The lowest BCUT2D eigenvalue weighted by molar-refractivity contribution is 0.369. The minimum atomic E-state index is 0.626. The molecule has 1 aliphatic rings. The molecule has 19 heavy (non-hydrogen) atoms. The van der Waals surface area contributed by atoms with Gasteiger partial charge in [0.1, 0.15) is 12.4 Å². The Bertz CT molecular complexity index is 578. The summed E-state index contributed by atoms with van der Waals surface area (Å²) in [6.07, 6.45) is 2.38. The van der Waals surface area contributed by atoms with Crippen molar-refractivity contribution in [3.05, 3.63) is 70.8 Å². The van der Waals surface area contributed by atoms with Crippen molar-refractivity contribution in [2.24, 2.45) is 0 Å². The molecule has 1 fully saturated rings. The topological polar surface area (TPSA) is 9.23 Å². The molecule has 0 heterocycles. The molecule has 0 aromatic heterocycles. The van der Waals surface area contributed by atoms with E-state index in [9.17, 15) is 0 Å². The third kappa shape index (κ3) is 3.18. The van der Waals surface area contributed by atoms with E-state index in [0.29, 0.717) is 6.61 Å². The van der Waals surface area contributed by atoms with Gasteiger partial charge in [-0.3, -0.25) is 0 Å². The fourth-order valence-electron chi connectivity index (χ4n) is 2.08. The summed E-state index contributed by atoms with van der Waals surface area (Å²) in [5, 5.41) is 0.771. The number of halogens is 1. The van der Waals surface area contributed by atoms with Gasteiger partial charge < -0.3 is 4.74 Å². The van der Waals surface area contributed by atoms with Crippen LogP contribution in [0.2, 0.25) is 5.02 Å². The number of para-hydroxylation sites is 1. The zero-order valence-corrected chi connectivity index (χ0v) is 11.4. The normalized spacial score (nSPS) is 13.2. The minimum Gasteiger partial charge on any atom is -0.489 e. The van der Waals surface area contributed by atoms with Gasteiger partial charge in [0.2, 0.25) is 0 Å². The van der Waals surface area contributed by atoms with Crippen molar-refractivity contribution >= 4 is 17.2 Å². The van der Waals surface area contributed by atoms with Crippen molar-refractivity contribution in [1.82, 2.24) is 0 Å². The van der Waals surface area contributed by atoms with Gasteiger partial charge in [-0.1, -0.05) is 47.5 Å². The fourth-order valence-corrected chi connectivity index (χ4v) is 2.20. The molecule has 1 nitrogen and oxygen atoms in total. The van der Waals surface area contributed by atoms with Crippen molar-refractivity contribution in [3.8, 4) is 5.75 Å². The van der Waals surface area contributed by atoms with E-state index < -0.39 is 0 Å². The van der Waals surface area contributed by atoms with Crippen molar-refractivity contribution in [2.75, 3.05) is 6.61 Å². The quantitative estimate of drug-likeness (QED) is 0.762. The maximum Gasteiger partial charge on any atom is 0.119 e. The highest BCUT2D eigenvalue weighted by molar-refractivity contribution is 6.30. The largest absolute Gasteiger partial charge is 0.489 e. The Labute approximate surface area is 118 Å². The highest BCUT2D eigenvalue weighted by atomic mass is 35.5. The average molecular weight is 271 g/mol. The van der Waals surface area contributed by atoms with Crippen molar-refractivity contribution in [2.45, 2.75) is 12.8 Å². The summed E-state index contributed by atoms with van der Waals surface area (Å²) in [7, 11) is 0. The monoisotopic (exact) mass is 270 g/mol. The highest BCUT2D eigenvalue weighted by Gasteiger charge is 2.19. The van der Waals surface area contributed by atoms with Crippen molar-refractivity contribution < 1.29 is 4.74 Å². The molecule has 0 unspecified atom stereocenters. The summed E-state index contributed by atoms with van der Waals surface area (Å²) in [6, 6.07) is 17.9. The van der Waals surface area contributed by atoms with Gasteiger partial charge in [-0.05, 0) is 48.2 Å². The van der Waals surface area contributed by atoms with Crippen molar-refractivity contribution in [1.29, 1.82) is 0 Å². The average Bonchev–Trinajstić information content (AvgIpc) is 3.27. The molecule has 2 aromatic rings. The van der Waals surface area contributed by atoms with Crippen LogP contribution in [-0.4, -0.2) is 6.61 Å². The molecule has 3 rings (SSSR count). The zero-order valence-electron chi connectivity index (χ0n) is 10.6. The van der Waals surface area contributed by atoms with E-state index >= 15 is 0 Å². The molecule has 1 saturated carbocycles. The van der Waals surface area contributed by atoms with E-state index in [2.05, 4.69) is 12.1 Å². The molecule has 0 amide bonds. The van der Waals surface area contributed by atoms with E-state index in [1.807, 2.05) is 42.5 Å². The molecular formula is C17H15ClO. The first kappa shape index (κ1) is 12.3. The lowest BCUT2D eigenvalue weighted by Crippen LogP contribution is -2.01. The summed E-state index contributed by atoms with van der Waals surface area (Å²) in [5.74, 6) is 0.912. The number of hydrogen-bond acceptors (Lipinski definition) is 1.